The highest BCUT2D eigenvalue weighted by atomic mass is 19.1. The number of hydrogen-bond donors (Lipinski definition) is 2. The molecule has 0 aliphatic carbocycles. The smallest absolute Gasteiger partial charge is 0.319 e. The van der Waals surface area contributed by atoms with Crippen LogP contribution in [0.5, 0.6) is 0 Å². The molecule has 2 amide bonds. The van der Waals surface area contributed by atoms with Gasteiger partial charge in [-0.05, 0) is 25.1 Å². The van der Waals surface area contributed by atoms with Crippen LogP contribution >= 0.6 is 0 Å². The van der Waals surface area contributed by atoms with Crippen LogP contribution in [0.4, 0.5) is 14.9 Å². The first kappa shape index (κ1) is 14.0. The van der Waals surface area contributed by atoms with Crippen molar-refractivity contribution in [2.24, 2.45) is 0 Å². The van der Waals surface area contributed by atoms with Crippen molar-refractivity contribution in [2.75, 3.05) is 18.5 Å². The lowest BCUT2D eigenvalue weighted by Crippen LogP contribution is -2.30. The number of anilines is 1. The fraction of sp³-hybridized carbons (Fsp3) is 0.333. The quantitative estimate of drug-likeness (QED) is 0.788. The second kappa shape index (κ2) is 7.26. The first-order chi connectivity index (χ1) is 8.61. The van der Waals surface area contributed by atoms with Crippen LogP contribution in [0.15, 0.2) is 24.3 Å². The van der Waals surface area contributed by atoms with E-state index in [-0.39, 0.29) is 18.9 Å². The molecule has 0 radical (unpaired) electrons. The molecule has 1 aromatic carbocycles. The predicted octanol–water partition coefficient (Wildman–Crippen LogP) is 1.90. The highest BCUT2D eigenvalue weighted by molar-refractivity contribution is 5.89. The first-order valence-electron chi connectivity index (χ1n) is 5.58. The third-order valence-corrected chi connectivity index (χ3v) is 2.00. The average molecular weight is 254 g/mol. The van der Waals surface area contributed by atoms with Crippen LogP contribution in [0.1, 0.15) is 13.3 Å². The van der Waals surface area contributed by atoms with E-state index in [1.807, 2.05) is 0 Å². The SMILES string of the molecule is CCOC(=O)CCNC(=O)Nc1cccc(F)c1. The van der Waals surface area contributed by atoms with E-state index in [1.54, 1.807) is 13.0 Å². The molecule has 1 rings (SSSR count). The number of esters is 1. The summed E-state index contributed by atoms with van der Waals surface area (Å²) in [5.41, 5.74) is 0.351. The highest BCUT2D eigenvalue weighted by Crippen LogP contribution is 2.08. The minimum absolute atomic E-state index is 0.102. The van der Waals surface area contributed by atoms with Crippen molar-refractivity contribution in [3.8, 4) is 0 Å². The third kappa shape index (κ3) is 5.29. The van der Waals surface area contributed by atoms with Crippen LogP contribution in [-0.4, -0.2) is 25.2 Å². The minimum atomic E-state index is -0.495. The molecule has 18 heavy (non-hydrogen) atoms. The Kier molecular flexibility index (Phi) is 5.63. The summed E-state index contributed by atoms with van der Waals surface area (Å²) in [5, 5.41) is 4.91. The Hall–Kier alpha value is -2.11. The molecular weight excluding hydrogens is 239 g/mol. The van der Waals surface area contributed by atoms with E-state index in [9.17, 15) is 14.0 Å². The van der Waals surface area contributed by atoms with Crippen LogP contribution in [0.3, 0.4) is 0 Å². The van der Waals surface area contributed by atoms with Gasteiger partial charge in [-0.25, -0.2) is 9.18 Å². The van der Waals surface area contributed by atoms with Crippen molar-refractivity contribution in [2.45, 2.75) is 13.3 Å². The van der Waals surface area contributed by atoms with Gasteiger partial charge in [-0.15, -0.1) is 0 Å². The van der Waals surface area contributed by atoms with Crippen LogP contribution in [0.25, 0.3) is 0 Å². The second-order valence-electron chi connectivity index (χ2n) is 3.45. The number of carbonyl (C=O) groups is 2. The zero-order valence-electron chi connectivity index (χ0n) is 10.0. The number of ether oxygens (including phenoxy) is 1. The number of urea groups is 1. The van der Waals surface area contributed by atoms with Crippen molar-refractivity contribution in [3.63, 3.8) is 0 Å². The maximum Gasteiger partial charge on any atom is 0.319 e. The zero-order chi connectivity index (χ0) is 13.4. The van der Waals surface area contributed by atoms with E-state index < -0.39 is 11.8 Å². The Labute approximate surface area is 104 Å². The minimum Gasteiger partial charge on any atom is -0.466 e. The lowest BCUT2D eigenvalue weighted by molar-refractivity contribution is -0.142. The molecule has 0 saturated heterocycles. The number of benzene rings is 1. The van der Waals surface area contributed by atoms with Crippen molar-refractivity contribution in [1.82, 2.24) is 5.32 Å². The standard InChI is InChI=1S/C12H15FN2O3/c1-2-18-11(16)6-7-14-12(17)15-10-5-3-4-9(13)8-10/h3-5,8H,2,6-7H2,1H3,(H2,14,15,17). The van der Waals surface area contributed by atoms with Crippen LogP contribution in [0.2, 0.25) is 0 Å². The largest absolute Gasteiger partial charge is 0.466 e. The zero-order valence-corrected chi connectivity index (χ0v) is 10.0. The number of nitrogens with one attached hydrogen (secondary N) is 2. The lowest BCUT2D eigenvalue weighted by Gasteiger charge is -2.07. The van der Waals surface area contributed by atoms with Crippen molar-refractivity contribution < 1.29 is 18.7 Å². The van der Waals surface area contributed by atoms with E-state index in [4.69, 9.17) is 4.74 Å². The molecule has 6 heteroatoms. The van der Waals surface area contributed by atoms with Gasteiger partial charge < -0.3 is 15.4 Å². The molecule has 0 heterocycles. The summed E-state index contributed by atoms with van der Waals surface area (Å²) < 4.78 is 17.5. The summed E-state index contributed by atoms with van der Waals surface area (Å²) in [4.78, 5) is 22.4. The van der Waals surface area contributed by atoms with E-state index in [0.717, 1.165) is 0 Å². The lowest BCUT2D eigenvalue weighted by atomic mass is 10.3. The average Bonchev–Trinajstić information content (AvgIpc) is 2.29. The normalized spacial score (nSPS) is 9.67. The molecule has 0 saturated carbocycles. The maximum atomic E-state index is 12.8. The Bertz CT molecular complexity index is 424. The van der Waals surface area contributed by atoms with Crippen LogP contribution in [-0.2, 0) is 9.53 Å². The fourth-order valence-electron chi connectivity index (χ4n) is 1.25. The topological polar surface area (TPSA) is 67.4 Å². The molecule has 0 unspecified atom stereocenters. The van der Waals surface area contributed by atoms with Gasteiger partial charge in [-0.1, -0.05) is 6.07 Å². The van der Waals surface area contributed by atoms with Crippen LogP contribution < -0.4 is 10.6 Å². The van der Waals surface area contributed by atoms with Gasteiger partial charge in [0.1, 0.15) is 5.82 Å². The molecule has 0 aliphatic heterocycles. The van der Waals surface area contributed by atoms with E-state index in [1.165, 1.54) is 18.2 Å². The molecule has 98 valence electrons. The summed E-state index contributed by atoms with van der Waals surface area (Å²) in [7, 11) is 0. The molecular formula is C12H15FN2O3. The Morgan fingerprint density at radius 1 is 1.39 bits per heavy atom. The van der Waals surface area contributed by atoms with Crippen molar-refractivity contribution in [1.29, 1.82) is 0 Å². The second-order valence-corrected chi connectivity index (χ2v) is 3.45. The summed E-state index contributed by atoms with van der Waals surface area (Å²) >= 11 is 0. The summed E-state index contributed by atoms with van der Waals surface area (Å²) in [6, 6.07) is 5.04. The number of amides is 2. The Morgan fingerprint density at radius 2 is 2.17 bits per heavy atom. The number of rotatable bonds is 5. The summed E-state index contributed by atoms with van der Waals surface area (Å²) in [5.74, 6) is -0.803. The molecule has 2 N–H and O–H groups in total. The van der Waals surface area contributed by atoms with Crippen LogP contribution in [0, 0.1) is 5.82 Å². The van der Waals surface area contributed by atoms with E-state index >= 15 is 0 Å². The van der Waals surface area contributed by atoms with Crippen molar-refractivity contribution in [3.05, 3.63) is 30.1 Å². The highest BCUT2D eigenvalue weighted by Gasteiger charge is 2.04. The van der Waals surface area contributed by atoms with Gasteiger partial charge in [0, 0.05) is 12.2 Å². The number of hydrogen-bond acceptors (Lipinski definition) is 3. The third-order valence-electron chi connectivity index (χ3n) is 2.00. The van der Waals surface area contributed by atoms with E-state index in [0.29, 0.717) is 12.3 Å². The van der Waals surface area contributed by atoms with Gasteiger partial charge in [0.2, 0.25) is 0 Å². The molecule has 1 aromatic rings. The Morgan fingerprint density at radius 3 is 2.83 bits per heavy atom. The number of halogens is 1. The number of carbonyl (C=O) groups excluding carboxylic acids is 2. The van der Waals surface area contributed by atoms with Gasteiger partial charge >= 0.3 is 12.0 Å². The molecule has 5 nitrogen and oxygen atoms in total. The summed E-state index contributed by atoms with van der Waals surface area (Å²) in [6.07, 6.45) is 0.102. The molecule has 0 aromatic heterocycles. The van der Waals surface area contributed by atoms with Gasteiger partial charge in [0.15, 0.2) is 0 Å². The fourth-order valence-corrected chi connectivity index (χ4v) is 1.25. The van der Waals surface area contributed by atoms with Gasteiger partial charge in [-0.2, -0.15) is 0 Å². The summed E-state index contributed by atoms with van der Waals surface area (Å²) in [6.45, 7) is 2.19. The molecule has 0 spiro atoms. The van der Waals surface area contributed by atoms with Gasteiger partial charge in [-0.3, -0.25) is 4.79 Å². The molecule has 0 fully saturated rings. The Balaban J connectivity index is 2.28. The predicted molar refractivity (Wildman–Crippen MR) is 64.7 cm³/mol. The van der Waals surface area contributed by atoms with Crippen molar-refractivity contribution >= 4 is 17.7 Å². The molecule has 0 atom stereocenters. The first-order valence-corrected chi connectivity index (χ1v) is 5.58. The molecule has 0 bridgehead atoms. The van der Waals surface area contributed by atoms with Gasteiger partial charge in [0.05, 0.1) is 13.0 Å². The van der Waals surface area contributed by atoms with Gasteiger partial charge in [0.25, 0.3) is 0 Å². The maximum absolute atomic E-state index is 12.8. The monoisotopic (exact) mass is 254 g/mol. The van der Waals surface area contributed by atoms with E-state index in [2.05, 4.69) is 10.6 Å². The molecule has 0 aliphatic rings.